The van der Waals surface area contributed by atoms with Crippen molar-refractivity contribution in [2.24, 2.45) is 0 Å². The Bertz CT molecular complexity index is 747. The fourth-order valence-corrected chi connectivity index (χ4v) is 2.69. The Morgan fingerprint density at radius 3 is 2.83 bits per heavy atom. The molecule has 3 rings (SSSR count). The van der Waals surface area contributed by atoms with Gasteiger partial charge in [0.05, 0.1) is 25.8 Å². The zero-order valence-electron chi connectivity index (χ0n) is 8.98. The molecule has 0 atom stereocenters. The summed E-state index contributed by atoms with van der Waals surface area (Å²) < 4.78 is 0.691. The van der Waals surface area contributed by atoms with E-state index >= 15 is 0 Å². The maximum Gasteiger partial charge on any atom is 0.335 e. The molecular formula is C12H7ClN2O2S. The molecule has 1 aromatic carbocycles. The molecule has 2 aromatic heterocycles. The van der Waals surface area contributed by atoms with Crippen LogP contribution in [0.3, 0.4) is 0 Å². The van der Waals surface area contributed by atoms with E-state index in [2.05, 4.69) is 9.97 Å². The molecule has 0 aliphatic carbocycles. The number of nitrogens with one attached hydrogen (secondary N) is 1. The van der Waals surface area contributed by atoms with E-state index in [1.54, 1.807) is 24.3 Å². The van der Waals surface area contributed by atoms with E-state index < -0.39 is 5.97 Å². The largest absolute Gasteiger partial charge is 0.478 e. The minimum absolute atomic E-state index is 0.227. The van der Waals surface area contributed by atoms with E-state index in [0.717, 1.165) is 10.4 Å². The van der Waals surface area contributed by atoms with Gasteiger partial charge < -0.3 is 10.1 Å². The predicted octanol–water partition coefficient (Wildman–Crippen LogP) is 3.64. The van der Waals surface area contributed by atoms with Crippen LogP contribution >= 0.6 is 22.9 Å². The summed E-state index contributed by atoms with van der Waals surface area (Å²) in [6, 6.07) is 8.49. The molecule has 0 aliphatic heterocycles. The second-order valence-electron chi connectivity index (χ2n) is 3.73. The van der Waals surface area contributed by atoms with Crippen LogP contribution in [0.15, 0.2) is 30.3 Å². The number of carboxylic acid groups (broad SMARTS) is 1. The lowest BCUT2D eigenvalue weighted by Crippen LogP contribution is -1.94. The number of halogens is 1. The van der Waals surface area contributed by atoms with Gasteiger partial charge in [-0.1, -0.05) is 11.6 Å². The number of rotatable bonds is 2. The van der Waals surface area contributed by atoms with Crippen LogP contribution in [0, 0.1) is 0 Å². The molecule has 3 aromatic rings. The Morgan fingerprint density at radius 2 is 2.17 bits per heavy atom. The molecule has 0 fully saturated rings. The molecule has 18 heavy (non-hydrogen) atoms. The highest BCUT2D eigenvalue weighted by molar-refractivity contribution is 7.19. The van der Waals surface area contributed by atoms with Crippen molar-refractivity contribution in [3.63, 3.8) is 0 Å². The smallest absolute Gasteiger partial charge is 0.335 e. The number of fused-ring (bicyclic) bond motifs is 1. The number of nitrogens with zero attached hydrogens (tertiary/aromatic N) is 1. The number of hydrogen-bond acceptors (Lipinski definition) is 3. The molecule has 90 valence electrons. The van der Waals surface area contributed by atoms with Crippen molar-refractivity contribution in [3.05, 3.63) is 40.2 Å². The van der Waals surface area contributed by atoms with E-state index in [1.165, 1.54) is 11.3 Å². The Labute approximate surface area is 111 Å². The number of thiophene rings is 1. The molecular weight excluding hydrogens is 272 g/mol. The summed E-state index contributed by atoms with van der Waals surface area (Å²) in [6.45, 7) is 0. The first kappa shape index (κ1) is 11.3. The quantitative estimate of drug-likeness (QED) is 0.752. The maximum absolute atomic E-state index is 10.9. The van der Waals surface area contributed by atoms with Gasteiger partial charge in [-0.3, -0.25) is 0 Å². The zero-order valence-corrected chi connectivity index (χ0v) is 10.5. The average molecular weight is 279 g/mol. The van der Waals surface area contributed by atoms with E-state index in [0.29, 0.717) is 15.7 Å². The molecule has 0 saturated carbocycles. The molecule has 0 aliphatic rings. The first-order valence-corrected chi connectivity index (χ1v) is 6.32. The second kappa shape index (κ2) is 4.12. The van der Waals surface area contributed by atoms with Crippen molar-refractivity contribution in [2.45, 2.75) is 0 Å². The van der Waals surface area contributed by atoms with Gasteiger partial charge in [-0.15, -0.1) is 11.3 Å². The Morgan fingerprint density at radius 1 is 1.33 bits per heavy atom. The van der Waals surface area contributed by atoms with Gasteiger partial charge in [-0.2, -0.15) is 0 Å². The number of aromatic nitrogens is 2. The lowest BCUT2D eigenvalue weighted by atomic mass is 10.2. The van der Waals surface area contributed by atoms with E-state index in [-0.39, 0.29) is 5.56 Å². The van der Waals surface area contributed by atoms with E-state index in [9.17, 15) is 4.79 Å². The monoisotopic (exact) mass is 278 g/mol. The van der Waals surface area contributed by atoms with Crippen LogP contribution in [0.25, 0.3) is 21.7 Å². The first-order valence-electron chi connectivity index (χ1n) is 5.12. The summed E-state index contributed by atoms with van der Waals surface area (Å²) >= 11 is 7.30. The molecule has 0 amide bonds. The van der Waals surface area contributed by atoms with Crippen LogP contribution in [0.1, 0.15) is 10.4 Å². The lowest BCUT2D eigenvalue weighted by Gasteiger charge is -1.92. The fourth-order valence-electron chi connectivity index (χ4n) is 1.70. The van der Waals surface area contributed by atoms with Crippen molar-refractivity contribution < 1.29 is 9.90 Å². The van der Waals surface area contributed by atoms with Crippen LogP contribution < -0.4 is 0 Å². The minimum atomic E-state index is -0.958. The van der Waals surface area contributed by atoms with Gasteiger partial charge in [0.25, 0.3) is 0 Å². The van der Waals surface area contributed by atoms with Gasteiger partial charge in [-0.25, -0.2) is 9.78 Å². The van der Waals surface area contributed by atoms with E-state index in [1.807, 2.05) is 6.07 Å². The summed E-state index contributed by atoms with van der Waals surface area (Å²) in [5.41, 5.74) is 1.67. The minimum Gasteiger partial charge on any atom is -0.478 e. The second-order valence-corrected chi connectivity index (χ2v) is 5.44. The molecule has 0 saturated heterocycles. The molecule has 4 nitrogen and oxygen atoms in total. The van der Waals surface area contributed by atoms with Gasteiger partial charge in [0.1, 0.15) is 5.82 Å². The molecule has 0 spiro atoms. The molecule has 0 unspecified atom stereocenters. The van der Waals surface area contributed by atoms with Crippen LogP contribution in [0.2, 0.25) is 4.34 Å². The lowest BCUT2D eigenvalue weighted by molar-refractivity contribution is 0.0697. The number of H-pyrrole nitrogens is 1. The third-order valence-electron chi connectivity index (χ3n) is 2.54. The van der Waals surface area contributed by atoms with Gasteiger partial charge in [0.15, 0.2) is 0 Å². The summed E-state index contributed by atoms with van der Waals surface area (Å²) in [4.78, 5) is 19.3. The standard InChI is InChI=1S/C12H7ClN2O2S/c13-10-4-3-9(18-10)11-14-7-2-1-6(12(16)17)5-8(7)15-11/h1-5H,(H,14,15)(H,16,17). The van der Waals surface area contributed by atoms with Crippen molar-refractivity contribution in [1.29, 1.82) is 0 Å². The van der Waals surface area contributed by atoms with Crippen LogP contribution in [-0.4, -0.2) is 21.0 Å². The highest BCUT2D eigenvalue weighted by Crippen LogP contribution is 2.30. The Balaban J connectivity index is 2.13. The van der Waals surface area contributed by atoms with Crippen molar-refractivity contribution in [1.82, 2.24) is 9.97 Å². The van der Waals surface area contributed by atoms with Crippen LogP contribution in [0.5, 0.6) is 0 Å². The van der Waals surface area contributed by atoms with Gasteiger partial charge in [0, 0.05) is 0 Å². The van der Waals surface area contributed by atoms with Gasteiger partial charge >= 0.3 is 5.97 Å². The maximum atomic E-state index is 10.9. The third-order valence-corrected chi connectivity index (χ3v) is 3.77. The number of hydrogen-bond donors (Lipinski definition) is 2. The predicted molar refractivity (Wildman–Crippen MR) is 71.4 cm³/mol. The summed E-state index contributed by atoms with van der Waals surface area (Å²) in [6.07, 6.45) is 0. The topological polar surface area (TPSA) is 66.0 Å². The van der Waals surface area contributed by atoms with Crippen molar-refractivity contribution in [2.75, 3.05) is 0 Å². The van der Waals surface area contributed by atoms with E-state index in [4.69, 9.17) is 16.7 Å². The molecule has 2 N–H and O–H groups in total. The molecule has 2 heterocycles. The Hall–Kier alpha value is -1.85. The molecule has 0 radical (unpaired) electrons. The SMILES string of the molecule is O=C(O)c1ccc2[nH]c(-c3ccc(Cl)s3)nc2c1. The fraction of sp³-hybridized carbons (Fsp3) is 0. The van der Waals surface area contributed by atoms with Gasteiger partial charge in [-0.05, 0) is 30.3 Å². The molecule has 0 bridgehead atoms. The van der Waals surface area contributed by atoms with Crippen LogP contribution in [-0.2, 0) is 0 Å². The summed E-state index contributed by atoms with van der Waals surface area (Å²) in [5, 5.41) is 8.92. The van der Waals surface area contributed by atoms with Gasteiger partial charge in [0.2, 0.25) is 0 Å². The number of carboxylic acids is 1. The summed E-state index contributed by atoms with van der Waals surface area (Å²) in [7, 11) is 0. The number of benzene rings is 1. The van der Waals surface area contributed by atoms with Crippen molar-refractivity contribution in [3.8, 4) is 10.7 Å². The number of carbonyl (C=O) groups is 1. The first-order chi connectivity index (χ1) is 8.63. The van der Waals surface area contributed by atoms with Crippen molar-refractivity contribution >= 4 is 39.9 Å². The zero-order chi connectivity index (χ0) is 12.7. The summed E-state index contributed by atoms with van der Waals surface area (Å²) in [5.74, 6) is -0.259. The van der Waals surface area contributed by atoms with Crippen LogP contribution in [0.4, 0.5) is 0 Å². The Kier molecular flexibility index (Phi) is 2.57. The average Bonchev–Trinajstić information content (AvgIpc) is 2.93. The normalized spacial score (nSPS) is 10.9. The number of imidazole rings is 1. The molecule has 6 heteroatoms. The highest BCUT2D eigenvalue weighted by atomic mass is 35.5. The number of aromatic carboxylic acids is 1. The number of aromatic amines is 1. The highest BCUT2D eigenvalue weighted by Gasteiger charge is 2.10. The third kappa shape index (κ3) is 1.87.